The Labute approximate surface area is 121 Å². The minimum absolute atomic E-state index is 0.152. The zero-order valence-electron chi connectivity index (χ0n) is 13.0. The summed E-state index contributed by atoms with van der Waals surface area (Å²) in [7, 11) is 0. The van der Waals surface area contributed by atoms with Crippen molar-refractivity contribution in [3.63, 3.8) is 0 Å². The Kier molecular flexibility index (Phi) is 5.57. The molecule has 0 fully saturated rings. The number of likely N-dealkylation sites (N-methyl/N-ethyl adjacent to an activating group) is 1. The molecule has 0 aliphatic carbocycles. The van der Waals surface area contributed by atoms with Crippen molar-refractivity contribution in [1.29, 1.82) is 0 Å². The normalized spacial score (nSPS) is 11.9. The van der Waals surface area contributed by atoms with E-state index < -0.39 is 11.5 Å². The van der Waals surface area contributed by atoms with E-state index in [4.69, 9.17) is 4.74 Å². The van der Waals surface area contributed by atoms with Gasteiger partial charge in [-0.15, -0.1) is 0 Å². The summed E-state index contributed by atoms with van der Waals surface area (Å²) in [6, 6.07) is 7.82. The number of aliphatic carboxylic acids is 1. The van der Waals surface area contributed by atoms with E-state index in [1.807, 2.05) is 49.9 Å². The van der Waals surface area contributed by atoms with Crippen molar-refractivity contribution in [2.45, 2.75) is 52.8 Å². The number of hydrogen-bond donors (Lipinski definition) is 1. The fraction of sp³-hybridized carbons (Fsp3) is 0.562. The van der Waals surface area contributed by atoms with Gasteiger partial charge in [0.05, 0.1) is 6.10 Å². The Bertz CT molecular complexity index is 438. The van der Waals surface area contributed by atoms with Crippen LogP contribution in [0.15, 0.2) is 24.3 Å². The molecule has 112 valence electrons. The van der Waals surface area contributed by atoms with Crippen LogP contribution in [-0.2, 0) is 11.3 Å². The SMILES string of the molecule is CCN(Cc1ccc(OC(C)C)cc1)C(C)(C)C(=O)O. The number of carbonyl (C=O) groups is 1. The minimum atomic E-state index is -0.873. The van der Waals surface area contributed by atoms with Crippen LogP contribution in [-0.4, -0.2) is 34.2 Å². The molecule has 0 saturated heterocycles. The van der Waals surface area contributed by atoms with Gasteiger partial charge in [0.15, 0.2) is 0 Å². The molecule has 0 spiro atoms. The molecular weight excluding hydrogens is 254 g/mol. The second-order valence-electron chi connectivity index (χ2n) is 5.69. The molecular formula is C16H25NO3. The molecule has 1 rings (SSSR count). The summed E-state index contributed by atoms with van der Waals surface area (Å²) in [5.41, 5.74) is 0.208. The van der Waals surface area contributed by atoms with E-state index in [1.165, 1.54) is 0 Å². The second kappa shape index (κ2) is 6.75. The molecule has 0 aromatic heterocycles. The van der Waals surface area contributed by atoms with E-state index in [1.54, 1.807) is 13.8 Å². The van der Waals surface area contributed by atoms with Crippen molar-refractivity contribution in [1.82, 2.24) is 4.90 Å². The summed E-state index contributed by atoms with van der Waals surface area (Å²) in [5.74, 6) is 0.0309. The third-order valence-corrected chi connectivity index (χ3v) is 3.36. The lowest BCUT2D eigenvalue weighted by Crippen LogP contribution is -2.49. The fourth-order valence-electron chi connectivity index (χ4n) is 2.01. The largest absolute Gasteiger partial charge is 0.491 e. The Balaban J connectivity index is 2.78. The molecule has 0 bridgehead atoms. The number of nitrogens with zero attached hydrogens (tertiary/aromatic N) is 1. The molecule has 0 saturated carbocycles. The predicted octanol–water partition coefficient (Wildman–Crippen LogP) is 3.16. The lowest BCUT2D eigenvalue weighted by atomic mass is 10.0. The average molecular weight is 279 g/mol. The van der Waals surface area contributed by atoms with Crippen LogP contribution in [0.1, 0.15) is 40.2 Å². The average Bonchev–Trinajstić information content (AvgIpc) is 2.36. The summed E-state index contributed by atoms with van der Waals surface area (Å²) in [5, 5.41) is 9.30. The van der Waals surface area contributed by atoms with Gasteiger partial charge in [-0.2, -0.15) is 0 Å². The van der Waals surface area contributed by atoms with E-state index in [-0.39, 0.29) is 6.10 Å². The molecule has 0 heterocycles. The first-order valence-corrected chi connectivity index (χ1v) is 7.01. The van der Waals surface area contributed by atoms with E-state index in [0.717, 1.165) is 11.3 Å². The van der Waals surface area contributed by atoms with Gasteiger partial charge in [-0.05, 0) is 51.9 Å². The van der Waals surface area contributed by atoms with Crippen molar-refractivity contribution < 1.29 is 14.6 Å². The first kappa shape index (κ1) is 16.5. The number of benzene rings is 1. The maximum atomic E-state index is 11.3. The van der Waals surface area contributed by atoms with Gasteiger partial charge in [0.1, 0.15) is 11.3 Å². The lowest BCUT2D eigenvalue weighted by Gasteiger charge is -2.34. The molecule has 4 nitrogen and oxygen atoms in total. The Morgan fingerprint density at radius 2 is 1.85 bits per heavy atom. The summed E-state index contributed by atoms with van der Waals surface area (Å²) in [4.78, 5) is 13.3. The molecule has 1 N–H and O–H groups in total. The smallest absolute Gasteiger partial charge is 0.323 e. The van der Waals surface area contributed by atoms with Gasteiger partial charge in [-0.25, -0.2) is 0 Å². The molecule has 20 heavy (non-hydrogen) atoms. The summed E-state index contributed by atoms with van der Waals surface area (Å²) in [6.45, 7) is 10.7. The van der Waals surface area contributed by atoms with E-state index in [2.05, 4.69) is 0 Å². The standard InChI is InChI=1S/C16H25NO3/c1-6-17(16(4,5)15(18)19)11-13-7-9-14(10-8-13)20-12(2)3/h7-10,12H,6,11H2,1-5H3,(H,18,19). The molecule has 0 aliphatic rings. The van der Waals surface area contributed by atoms with E-state index >= 15 is 0 Å². The number of ether oxygens (including phenoxy) is 1. The van der Waals surface area contributed by atoms with Crippen LogP contribution >= 0.6 is 0 Å². The van der Waals surface area contributed by atoms with Gasteiger partial charge in [0, 0.05) is 6.54 Å². The summed E-state index contributed by atoms with van der Waals surface area (Å²) in [6.07, 6.45) is 0.152. The van der Waals surface area contributed by atoms with Crippen molar-refractivity contribution in [3.8, 4) is 5.75 Å². The Morgan fingerprint density at radius 3 is 2.25 bits per heavy atom. The first-order chi connectivity index (χ1) is 9.27. The van der Waals surface area contributed by atoms with Crippen molar-refractivity contribution in [2.24, 2.45) is 0 Å². The maximum absolute atomic E-state index is 11.3. The molecule has 0 aliphatic heterocycles. The molecule has 0 amide bonds. The van der Waals surface area contributed by atoms with E-state index in [9.17, 15) is 9.90 Å². The van der Waals surface area contributed by atoms with Crippen LogP contribution in [0.5, 0.6) is 5.75 Å². The molecule has 1 aromatic rings. The van der Waals surface area contributed by atoms with Crippen molar-refractivity contribution >= 4 is 5.97 Å². The van der Waals surface area contributed by atoms with Crippen LogP contribution < -0.4 is 4.74 Å². The lowest BCUT2D eigenvalue weighted by molar-refractivity contribution is -0.149. The van der Waals surface area contributed by atoms with Crippen LogP contribution in [0.25, 0.3) is 0 Å². The van der Waals surface area contributed by atoms with Gasteiger partial charge in [-0.1, -0.05) is 19.1 Å². The highest BCUT2D eigenvalue weighted by molar-refractivity contribution is 5.77. The van der Waals surface area contributed by atoms with Crippen LogP contribution in [0.4, 0.5) is 0 Å². The van der Waals surface area contributed by atoms with Crippen LogP contribution in [0.2, 0.25) is 0 Å². The molecule has 4 heteroatoms. The quantitative estimate of drug-likeness (QED) is 0.833. The van der Waals surface area contributed by atoms with Crippen LogP contribution in [0.3, 0.4) is 0 Å². The third-order valence-electron chi connectivity index (χ3n) is 3.36. The van der Waals surface area contributed by atoms with Crippen molar-refractivity contribution in [2.75, 3.05) is 6.54 Å². The van der Waals surface area contributed by atoms with Gasteiger partial charge >= 0.3 is 5.97 Å². The Hall–Kier alpha value is -1.55. The van der Waals surface area contributed by atoms with E-state index in [0.29, 0.717) is 13.1 Å². The summed E-state index contributed by atoms with van der Waals surface area (Å²) >= 11 is 0. The zero-order chi connectivity index (χ0) is 15.3. The highest BCUT2D eigenvalue weighted by Gasteiger charge is 2.33. The van der Waals surface area contributed by atoms with Gasteiger partial charge in [-0.3, -0.25) is 9.69 Å². The number of carboxylic acid groups (broad SMARTS) is 1. The third kappa shape index (κ3) is 4.23. The highest BCUT2D eigenvalue weighted by atomic mass is 16.5. The topological polar surface area (TPSA) is 49.8 Å². The minimum Gasteiger partial charge on any atom is -0.491 e. The number of rotatable bonds is 7. The number of carboxylic acids is 1. The maximum Gasteiger partial charge on any atom is 0.323 e. The number of hydrogen-bond acceptors (Lipinski definition) is 3. The molecule has 1 aromatic carbocycles. The predicted molar refractivity (Wildman–Crippen MR) is 80.0 cm³/mol. The molecule has 0 atom stereocenters. The van der Waals surface area contributed by atoms with Gasteiger partial charge in [0.2, 0.25) is 0 Å². The summed E-state index contributed by atoms with van der Waals surface area (Å²) < 4.78 is 5.60. The Morgan fingerprint density at radius 1 is 1.30 bits per heavy atom. The van der Waals surface area contributed by atoms with Crippen molar-refractivity contribution in [3.05, 3.63) is 29.8 Å². The molecule has 0 radical (unpaired) electrons. The fourth-order valence-corrected chi connectivity index (χ4v) is 2.01. The van der Waals surface area contributed by atoms with Gasteiger partial charge < -0.3 is 9.84 Å². The van der Waals surface area contributed by atoms with Gasteiger partial charge in [0.25, 0.3) is 0 Å². The first-order valence-electron chi connectivity index (χ1n) is 7.01. The zero-order valence-corrected chi connectivity index (χ0v) is 13.0. The highest BCUT2D eigenvalue weighted by Crippen LogP contribution is 2.20. The van der Waals surface area contributed by atoms with Crippen LogP contribution in [0, 0.1) is 0 Å². The monoisotopic (exact) mass is 279 g/mol. The second-order valence-corrected chi connectivity index (χ2v) is 5.69. The molecule has 0 unspecified atom stereocenters.